The van der Waals surface area contributed by atoms with Crippen molar-refractivity contribution in [3.05, 3.63) is 149 Å². The molecule has 0 N–H and O–H groups in total. The predicted octanol–water partition coefficient (Wildman–Crippen LogP) is 14.6. The fourth-order valence-corrected chi connectivity index (χ4v) is 11.1. The summed E-state index contributed by atoms with van der Waals surface area (Å²) in [6, 6.07) is 45.6. The summed E-state index contributed by atoms with van der Waals surface area (Å²) < 4.78 is 0. The van der Waals surface area contributed by atoms with Gasteiger partial charge in [0.1, 0.15) is 0 Å². The number of fused-ring (bicyclic) bond motifs is 5. The molecule has 0 radical (unpaired) electrons. The molecule has 0 amide bonds. The van der Waals surface area contributed by atoms with Gasteiger partial charge in [-0.3, -0.25) is 0 Å². The van der Waals surface area contributed by atoms with Crippen molar-refractivity contribution < 1.29 is 0 Å². The van der Waals surface area contributed by atoms with Gasteiger partial charge in [0.25, 0.3) is 6.71 Å². The van der Waals surface area contributed by atoms with Crippen LogP contribution in [-0.4, -0.2) is 6.71 Å². The smallest absolute Gasteiger partial charge is 0.252 e. The van der Waals surface area contributed by atoms with E-state index in [0.717, 1.165) is 6.42 Å². The maximum Gasteiger partial charge on any atom is 0.252 e. The maximum absolute atomic E-state index is 2.69. The Hall–Kier alpha value is -5.02. The van der Waals surface area contributed by atoms with Gasteiger partial charge in [-0.25, -0.2) is 0 Å². The van der Waals surface area contributed by atoms with Crippen LogP contribution in [0.1, 0.15) is 151 Å². The molecule has 0 saturated carbocycles. The van der Waals surface area contributed by atoms with Gasteiger partial charge < -0.3 is 9.80 Å². The Bertz CT molecular complexity index is 2740. The van der Waals surface area contributed by atoms with E-state index in [-0.39, 0.29) is 39.2 Å². The van der Waals surface area contributed by atoms with Crippen LogP contribution in [0.25, 0.3) is 11.1 Å². The molecular formula is C59H69BN2. The summed E-state index contributed by atoms with van der Waals surface area (Å²) >= 11 is 0. The Kier molecular flexibility index (Phi) is 9.37. The van der Waals surface area contributed by atoms with Crippen molar-refractivity contribution in [2.24, 2.45) is 0 Å². The van der Waals surface area contributed by atoms with E-state index in [9.17, 15) is 0 Å². The molecule has 6 aromatic rings. The summed E-state index contributed by atoms with van der Waals surface area (Å²) in [4.78, 5) is 5.29. The molecule has 62 heavy (non-hydrogen) atoms. The number of hydrogen-bond donors (Lipinski definition) is 0. The number of anilines is 6. The van der Waals surface area contributed by atoms with Gasteiger partial charge in [-0.2, -0.15) is 0 Å². The molecule has 2 nitrogen and oxygen atoms in total. The molecule has 2 aliphatic heterocycles. The third-order valence-electron chi connectivity index (χ3n) is 14.5. The predicted molar refractivity (Wildman–Crippen MR) is 271 cm³/mol. The van der Waals surface area contributed by atoms with E-state index in [0.29, 0.717) is 0 Å². The summed E-state index contributed by atoms with van der Waals surface area (Å²) in [6.07, 6.45) is 1.12. The lowest BCUT2D eigenvalue weighted by atomic mass is 9.33. The first-order chi connectivity index (χ1) is 28.8. The van der Waals surface area contributed by atoms with Crippen LogP contribution in [-0.2, 0) is 32.5 Å². The van der Waals surface area contributed by atoms with Crippen molar-refractivity contribution in [1.29, 1.82) is 0 Å². The minimum Gasteiger partial charge on any atom is -0.311 e. The Morgan fingerprint density at radius 2 is 0.903 bits per heavy atom. The topological polar surface area (TPSA) is 6.48 Å². The molecule has 3 heteroatoms. The molecule has 0 aromatic heterocycles. The molecule has 0 unspecified atom stereocenters. The van der Waals surface area contributed by atoms with Crippen LogP contribution in [0.2, 0.25) is 0 Å². The summed E-state index contributed by atoms with van der Waals surface area (Å²) in [5, 5.41) is 0. The monoisotopic (exact) mass is 817 g/mol. The van der Waals surface area contributed by atoms with Crippen LogP contribution < -0.4 is 26.2 Å². The Balaban J connectivity index is 1.46. The first-order valence-electron chi connectivity index (χ1n) is 23.2. The van der Waals surface area contributed by atoms with E-state index in [1.54, 1.807) is 0 Å². The molecule has 6 aromatic carbocycles. The first-order valence-corrected chi connectivity index (χ1v) is 23.2. The minimum absolute atomic E-state index is 0.00772. The highest BCUT2D eigenvalue weighted by Gasteiger charge is 2.49. The van der Waals surface area contributed by atoms with E-state index in [1.807, 2.05) is 0 Å². The second-order valence-corrected chi connectivity index (χ2v) is 24.4. The number of hydrogen-bond acceptors (Lipinski definition) is 2. The highest BCUT2D eigenvalue weighted by molar-refractivity contribution is 7.00. The average molecular weight is 817 g/mol. The number of rotatable bonds is 3. The normalized spacial score (nSPS) is 16.5. The van der Waals surface area contributed by atoms with Crippen molar-refractivity contribution in [2.45, 2.75) is 150 Å². The van der Waals surface area contributed by atoms with Crippen LogP contribution in [0.4, 0.5) is 34.1 Å². The zero-order chi connectivity index (χ0) is 44.7. The van der Waals surface area contributed by atoms with Crippen LogP contribution in [0, 0.1) is 0 Å². The van der Waals surface area contributed by atoms with Gasteiger partial charge >= 0.3 is 0 Å². The van der Waals surface area contributed by atoms with Crippen LogP contribution in [0.3, 0.4) is 0 Å². The van der Waals surface area contributed by atoms with Crippen molar-refractivity contribution >= 4 is 57.2 Å². The molecule has 0 atom stereocenters. The molecule has 0 fully saturated rings. The molecule has 3 aliphatic rings. The lowest BCUT2D eigenvalue weighted by Gasteiger charge is -2.46. The Labute approximate surface area is 374 Å². The average Bonchev–Trinajstić information content (AvgIpc) is 3.37. The lowest BCUT2D eigenvalue weighted by molar-refractivity contribution is 0.403. The fraction of sp³-hybridized carbons (Fsp3) is 0.390. The molecule has 0 bridgehead atoms. The van der Waals surface area contributed by atoms with E-state index >= 15 is 0 Å². The van der Waals surface area contributed by atoms with Crippen molar-refractivity contribution in [3.8, 4) is 11.1 Å². The van der Waals surface area contributed by atoms with Gasteiger partial charge in [-0.15, -0.1) is 0 Å². The van der Waals surface area contributed by atoms with Crippen molar-refractivity contribution in [1.82, 2.24) is 0 Å². The van der Waals surface area contributed by atoms with Gasteiger partial charge in [0, 0.05) is 34.0 Å². The molecular weight excluding hydrogens is 747 g/mol. The van der Waals surface area contributed by atoms with Crippen LogP contribution in [0.15, 0.2) is 115 Å². The molecule has 0 saturated heterocycles. The van der Waals surface area contributed by atoms with E-state index < -0.39 is 0 Å². The number of benzene rings is 6. The van der Waals surface area contributed by atoms with E-state index in [2.05, 4.69) is 236 Å². The first kappa shape index (κ1) is 42.3. The van der Waals surface area contributed by atoms with E-state index in [1.165, 1.54) is 95.0 Å². The fourth-order valence-electron chi connectivity index (χ4n) is 11.1. The quantitative estimate of drug-likeness (QED) is 0.164. The number of nitrogens with zero attached hydrogens (tertiary/aromatic N) is 2. The molecule has 9 rings (SSSR count). The zero-order valence-electron chi connectivity index (χ0n) is 40.6. The van der Waals surface area contributed by atoms with Gasteiger partial charge in [-0.05, 0) is 143 Å². The van der Waals surface area contributed by atoms with Crippen molar-refractivity contribution in [3.63, 3.8) is 0 Å². The third kappa shape index (κ3) is 6.85. The molecule has 0 spiro atoms. The highest BCUT2D eigenvalue weighted by Crippen LogP contribution is 2.54. The third-order valence-corrected chi connectivity index (χ3v) is 14.5. The highest BCUT2D eigenvalue weighted by atomic mass is 15.2. The summed E-state index contributed by atoms with van der Waals surface area (Å²) in [7, 11) is 0. The van der Waals surface area contributed by atoms with Gasteiger partial charge in [0.15, 0.2) is 0 Å². The maximum atomic E-state index is 2.69. The zero-order valence-corrected chi connectivity index (χ0v) is 40.6. The van der Waals surface area contributed by atoms with Crippen LogP contribution >= 0.6 is 0 Å². The van der Waals surface area contributed by atoms with Gasteiger partial charge in [0.2, 0.25) is 0 Å². The van der Waals surface area contributed by atoms with E-state index in [4.69, 9.17) is 0 Å². The summed E-state index contributed by atoms with van der Waals surface area (Å²) in [5.74, 6) is 0. The molecule has 2 heterocycles. The summed E-state index contributed by atoms with van der Waals surface area (Å²) in [5.41, 5.74) is 22.6. The SMILES string of the molecule is CC(C)(C)c1ccc(N2c3ccc(C(C)(C)C)cc3B3c4cc5c(cc4N(c4ccc(C(C)(C)C)cc4-c4ccccc4)c4cc(C(C)(C)C)cc2c43)C(C)(C)CC5(C)C)cc1. The second kappa shape index (κ2) is 13.7. The minimum atomic E-state index is -0.104. The Morgan fingerprint density at radius 1 is 0.419 bits per heavy atom. The molecule has 1 aliphatic carbocycles. The van der Waals surface area contributed by atoms with Crippen molar-refractivity contribution in [2.75, 3.05) is 9.80 Å². The Morgan fingerprint density at radius 3 is 1.47 bits per heavy atom. The van der Waals surface area contributed by atoms with Gasteiger partial charge in [-0.1, -0.05) is 178 Å². The largest absolute Gasteiger partial charge is 0.311 e. The summed E-state index contributed by atoms with van der Waals surface area (Å²) in [6.45, 7) is 38.0. The van der Waals surface area contributed by atoms with Crippen LogP contribution in [0.5, 0.6) is 0 Å². The second-order valence-electron chi connectivity index (χ2n) is 24.4. The molecule has 318 valence electrons. The van der Waals surface area contributed by atoms with Gasteiger partial charge in [0.05, 0.1) is 5.69 Å². The standard InChI is InChI=1S/C59H69BN2/c1-54(2,3)38-22-26-42(27-23-38)61-49-29-25-40(56(7,8)9)31-46(49)60-47-34-44-45(59(15,16)36-58(44,13)14)35-50(47)62(52-33-41(57(10,11)12)32-51(61)53(52)60)48-28-24-39(55(4,5)6)30-43(48)37-20-18-17-19-21-37/h17-35H,36H2,1-16H3. The lowest BCUT2D eigenvalue weighted by Crippen LogP contribution is -2.62.